The Bertz CT molecular complexity index is 424. The lowest BCUT2D eigenvalue weighted by atomic mass is 10.4. The second-order valence-electron chi connectivity index (χ2n) is 2.63. The van der Waals surface area contributed by atoms with E-state index in [1.54, 1.807) is 6.92 Å². The van der Waals surface area contributed by atoms with E-state index in [-0.39, 0.29) is 16.9 Å². The van der Waals surface area contributed by atoms with E-state index >= 15 is 0 Å². The quantitative estimate of drug-likeness (QED) is 0.681. The van der Waals surface area contributed by atoms with Crippen LogP contribution in [0.1, 0.15) is 6.92 Å². The summed E-state index contributed by atoms with van der Waals surface area (Å²) in [4.78, 5) is 24.4. The van der Waals surface area contributed by atoms with Gasteiger partial charge in [-0.1, -0.05) is 0 Å². The first-order valence-electron chi connectivity index (χ1n) is 4.28. The van der Waals surface area contributed by atoms with Gasteiger partial charge in [-0.25, -0.2) is 4.79 Å². The van der Waals surface area contributed by atoms with Crippen molar-refractivity contribution in [3.63, 3.8) is 0 Å². The Morgan fingerprint density at radius 1 is 1.75 bits per heavy atom. The summed E-state index contributed by atoms with van der Waals surface area (Å²) in [5.41, 5.74) is 0.316. The number of nitro groups is 1. The van der Waals surface area contributed by atoms with Crippen LogP contribution in [-0.2, 0) is 4.74 Å². The SMILES string of the molecule is CCOC(=O)Nc1cnc([N+](=O)[O-])c(Br)c1. The van der Waals surface area contributed by atoms with Crippen LogP contribution in [0.3, 0.4) is 0 Å². The number of carbonyl (C=O) groups is 1. The molecule has 0 saturated carbocycles. The molecule has 0 unspecified atom stereocenters. The first kappa shape index (κ1) is 12.4. The van der Waals surface area contributed by atoms with Gasteiger partial charge in [0.15, 0.2) is 6.20 Å². The fraction of sp³-hybridized carbons (Fsp3) is 0.250. The van der Waals surface area contributed by atoms with E-state index in [0.29, 0.717) is 5.69 Å². The number of halogens is 1. The second kappa shape index (κ2) is 5.40. The minimum absolute atomic E-state index is 0.187. The highest BCUT2D eigenvalue weighted by Gasteiger charge is 2.15. The molecule has 0 saturated heterocycles. The number of nitrogens with zero attached hydrogens (tertiary/aromatic N) is 2. The summed E-state index contributed by atoms with van der Waals surface area (Å²) in [5.74, 6) is -0.311. The Morgan fingerprint density at radius 2 is 2.44 bits per heavy atom. The van der Waals surface area contributed by atoms with Crippen molar-refractivity contribution in [1.82, 2.24) is 4.98 Å². The number of carbonyl (C=O) groups excluding carboxylic acids is 1. The Balaban J connectivity index is 2.81. The third-order valence-corrected chi connectivity index (χ3v) is 2.10. The molecule has 0 spiro atoms. The van der Waals surface area contributed by atoms with E-state index in [2.05, 4.69) is 31.0 Å². The molecule has 16 heavy (non-hydrogen) atoms. The zero-order valence-corrected chi connectivity index (χ0v) is 9.85. The number of hydrogen-bond donors (Lipinski definition) is 1. The van der Waals surface area contributed by atoms with Crippen molar-refractivity contribution >= 4 is 33.5 Å². The van der Waals surface area contributed by atoms with Crippen molar-refractivity contribution in [2.75, 3.05) is 11.9 Å². The van der Waals surface area contributed by atoms with Crippen LogP contribution in [-0.4, -0.2) is 22.6 Å². The molecule has 8 heteroatoms. The lowest BCUT2D eigenvalue weighted by Crippen LogP contribution is -2.13. The summed E-state index contributed by atoms with van der Waals surface area (Å²) in [5, 5.41) is 12.8. The monoisotopic (exact) mass is 289 g/mol. The van der Waals surface area contributed by atoms with Crippen LogP contribution in [0.4, 0.5) is 16.3 Å². The lowest BCUT2D eigenvalue weighted by molar-refractivity contribution is -0.390. The van der Waals surface area contributed by atoms with Gasteiger partial charge < -0.3 is 14.9 Å². The molecule has 1 N–H and O–H groups in total. The number of pyridine rings is 1. The molecule has 1 aromatic rings. The predicted octanol–water partition coefficient (Wildman–Crippen LogP) is 2.32. The van der Waals surface area contributed by atoms with Crippen molar-refractivity contribution in [3.05, 3.63) is 26.9 Å². The zero-order chi connectivity index (χ0) is 12.1. The van der Waals surface area contributed by atoms with Gasteiger partial charge in [-0.3, -0.25) is 5.32 Å². The van der Waals surface area contributed by atoms with E-state index in [1.165, 1.54) is 12.3 Å². The summed E-state index contributed by atoms with van der Waals surface area (Å²) in [6, 6.07) is 1.38. The molecule has 0 aromatic carbocycles. The lowest BCUT2D eigenvalue weighted by Gasteiger charge is -2.03. The van der Waals surface area contributed by atoms with Crippen molar-refractivity contribution in [1.29, 1.82) is 0 Å². The van der Waals surface area contributed by atoms with Crippen LogP contribution in [0.2, 0.25) is 0 Å². The number of rotatable bonds is 3. The summed E-state index contributed by atoms with van der Waals surface area (Å²) < 4.78 is 4.82. The normalized spacial score (nSPS) is 9.62. The molecule has 1 aromatic heterocycles. The Morgan fingerprint density at radius 3 is 2.94 bits per heavy atom. The molecule has 0 radical (unpaired) electrons. The molecular formula is C8H8BrN3O4. The molecular weight excluding hydrogens is 282 g/mol. The summed E-state index contributed by atoms with van der Waals surface area (Å²) in [6.07, 6.45) is 0.546. The summed E-state index contributed by atoms with van der Waals surface area (Å²) in [7, 11) is 0. The van der Waals surface area contributed by atoms with Crippen LogP contribution in [0.25, 0.3) is 0 Å². The van der Waals surface area contributed by atoms with Gasteiger partial charge in [-0.15, -0.1) is 0 Å². The molecule has 1 heterocycles. The van der Waals surface area contributed by atoms with Gasteiger partial charge >= 0.3 is 11.9 Å². The molecule has 0 aliphatic rings. The minimum Gasteiger partial charge on any atom is -0.450 e. The average molecular weight is 290 g/mol. The fourth-order valence-electron chi connectivity index (χ4n) is 0.918. The van der Waals surface area contributed by atoms with Gasteiger partial charge in [0, 0.05) is 0 Å². The van der Waals surface area contributed by atoms with E-state index in [9.17, 15) is 14.9 Å². The van der Waals surface area contributed by atoms with E-state index in [4.69, 9.17) is 0 Å². The van der Waals surface area contributed by atoms with Gasteiger partial charge in [0.05, 0.1) is 12.3 Å². The van der Waals surface area contributed by atoms with Crippen LogP contribution in [0.5, 0.6) is 0 Å². The van der Waals surface area contributed by atoms with E-state index in [0.717, 1.165) is 0 Å². The first-order chi connectivity index (χ1) is 7.54. The minimum atomic E-state index is -0.634. The van der Waals surface area contributed by atoms with Gasteiger partial charge in [-0.2, -0.15) is 0 Å². The maximum absolute atomic E-state index is 11.0. The van der Waals surface area contributed by atoms with E-state index in [1.807, 2.05) is 0 Å². The third kappa shape index (κ3) is 3.16. The van der Waals surface area contributed by atoms with Crippen LogP contribution < -0.4 is 5.32 Å². The zero-order valence-electron chi connectivity index (χ0n) is 8.27. The fourth-order valence-corrected chi connectivity index (χ4v) is 1.41. The van der Waals surface area contributed by atoms with Crippen LogP contribution in [0, 0.1) is 10.1 Å². The van der Waals surface area contributed by atoms with Crippen molar-refractivity contribution in [3.8, 4) is 0 Å². The number of anilines is 1. The van der Waals surface area contributed by atoms with Gasteiger partial charge in [0.25, 0.3) is 0 Å². The molecule has 0 atom stereocenters. The smallest absolute Gasteiger partial charge is 0.411 e. The highest BCUT2D eigenvalue weighted by atomic mass is 79.9. The molecule has 0 aliphatic heterocycles. The first-order valence-corrected chi connectivity index (χ1v) is 5.07. The topological polar surface area (TPSA) is 94.4 Å². The average Bonchev–Trinajstić information content (AvgIpc) is 2.17. The molecule has 1 amide bonds. The highest BCUT2D eigenvalue weighted by molar-refractivity contribution is 9.10. The second-order valence-corrected chi connectivity index (χ2v) is 3.49. The number of nitrogens with one attached hydrogen (secondary N) is 1. The Kier molecular flexibility index (Phi) is 4.18. The van der Waals surface area contributed by atoms with Crippen molar-refractivity contribution < 1.29 is 14.5 Å². The van der Waals surface area contributed by atoms with E-state index < -0.39 is 11.0 Å². The molecule has 0 bridgehead atoms. The van der Waals surface area contributed by atoms with Gasteiger partial charge in [-0.05, 0) is 38.8 Å². The van der Waals surface area contributed by atoms with Gasteiger partial charge in [0.2, 0.25) is 0 Å². The van der Waals surface area contributed by atoms with Crippen LogP contribution >= 0.6 is 15.9 Å². The largest absolute Gasteiger partial charge is 0.450 e. The third-order valence-electron chi connectivity index (χ3n) is 1.52. The van der Waals surface area contributed by atoms with Crippen molar-refractivity contribution in [2.45, 2.75) is 6.92 Å². The molecule has 1 rings (SSSR count). The number of hydrogen-bond acceptors (Lipinski definition) is 5. The standard InChI is InChI=1S/C8H8BrN3O4/c1-2-16-8(13)11-5-3-6(9)7(10-4-5)12(14)15/h3-4H,2H2,1H3,(H,11,13). The Labute approximate surface area is 99.1 Å². The molecule has 86 valence electrons. The predicted molar refractivity (Wildman–Crippen MR) is 59.2 cm³/mol. The number of amides is 1. The summed E-state index contributed by atoms with van der Waals surface area (Å²) >= 11 is 2.98. The summed E-state index contributed by atoms with van der Waals surface area (Å²) in [6.45, 7) is 1.91. The molecule has 0 aliphatic carbocycles. The number of aromatic nitrogens is 1. The number of ether oxygens (including phenoxy) is 1. The maximum atomic E-state index is 11.0. The van der Waals surface area contributed by atoms with Crippen LogP contribution in [0.15, 0.2) is 16.7 Å². The Hall–Kier alpha value is -1.70. The molecule has 7 nitrogen and oxygen atoms in total. The maximum Gasteiger partial charge on any atom is 0.411 e. The van der Waals surface area contributed by atoms with Gasteiger partial charge in [0.1, 0.15) is 4.47 Å². The molecule has 0 fully saturated rings. The highest BCUT2D eigenvalue weighted by Crippen LogP contribution is 2.24. The van der Waals surface area contributed by atoms with Crippen molar-refractivity contribution in [2.24, 2.45) is 0 Å².